The molecule has 2 atom stereocenters. The van der Waals surface area contributed by atoms with Crippen molar-refractivity contribution in [2.75, 3.05) is 0 Å². The molecule has 0 radical (unpaired) electrons. The number of carbonyl (C=O) groups is 2. The molecule has 2 aromatic rings. The molecule has 6 heteroatoms. The van der Waals surface area contributed by atoms with Gasteiger partial charge in [-0.05, 0) is 57.2 Å². The summed E-state index contributed by atoms with van der Waals surface area (Å²) in [5.41, 5.74) is 3.05. The molecule has 4 rings (SSSR count). The van der Waals surface area contributed by atoms with Crippen LogP contribution >= 0.6 is 22.7 Å². The molecule has 0 saturated heterocycles. The van der Waals surface area contributed by atoms with Crippen molar-refractivity contribution in [1.82, 2.24) is 5.32 Å². The minimum Gasteiger partial charge on any atom is -0.460 e. The topological polar surface area (TPSA) is 55.4 Å². The Morgan fingerprint density at radius 1 is 1.23 bits per heavy atom. The maximum absolute atomic E-state index is 13.4. The quantitative estimate of drug-likeness (QED) is 0.606. The Labute approximate surface area is 185 Å². The molecular weight excluding hydrogens is 414 g/mol. The minimum atomic E-state index is -0.352. The van der Waals surface area contributed by atoms with Crippen LogP contribution in [0.4, 0.5) is 0 Å². The summed E-state index contributed by atoms with van der Waals surface area (Å²) < 4.78 is 5.58. The number of ketones is 1. The van der Waals surface area contributed by atoms with Gasteiger partial charge in [-0.1, -0.05) is 13.0 Å². The summed E-state index contributed by atoms with van der Waals surface area (Å²) in [5.74, 6) is -0.377. The first-order chi connectivity index (χ1) is 14.4. The third-order valence-corrected chi connectivity index (χ3v) is 7.98. The van der Waals surface area contributed by atoms with E-state index in [-0.39, 0.29) is 29.7 Å². The van der Waals surface area contributed by atoms with Gasteiger partial charge in [-0.3, -0.25) is 4.79 Å². The number of nitrogens with one attached hydrogen (secondary N) is 1. The minimum absolute atomic E-state index is 0.126. The molecule has 0 saturated carbocycles. The number of hydrogen-bond acceptors (Lipinski definition) is 6. The van der Waals surface area contributed by atoms with Gasteiger partial charge >= 0.3 is 5.97 Å². The number of thiophene rings is 2. The van der Waals surface area contributed by atoms with Crippen molar-refractivity contribution in [3.05, 3.63) is 66.8 Å². The Morgan fingerprint density at radius 3 is 2.67 bits per heavy atom. The predicted molar refractivity (Wildman–Crippen MR) is 122 cm³/mol. The van der Waals surface area contributed by atoms with E-state index in [9.17, 15) is 9.59 Å². The SMILES string of the molecule is CCc1ccc([C@H]2C(C(=O)OC(C)C)=C(C)NC3=C2C(=O)C[C@H](c2cccs2)C3)s1. The van der Waals surface area contributed by atoms with Gasteiger partial charge in [0, 0.05) is 43.9 Å². The fourth-order valence-corrected chi connectivity index (χ4v) is 6.24. The second kappa shape index (κ2) is 8.52. The van der Waals surface area contributed by atoms with E-state index in [1.54, 1.807) is 22.7 Å². The van der Waals surface area contributed by atoms with Gasteiger partial charge < -0.3 is 10.1 Å². The largest absolute Gasteiger partial charge is 0.460 e. The van der Waals surface area contributed by atoms with Crippen molar-refractivity contribution in [1.29, 1.82) is 0 Å². The highest BCUT2D eigenvalue weighted by molar-refractivity contribution is 7.12. The van der Waals surface area contributed by atoms with Crippen molar-refractivity contribution in [3.63, 3.8) is 0 Å². The highest BCUT2D eigenvalue weighted by Gasteiger charge is 2.42. The molecule has 30 heavy (non-hydrogen) atoms. The van der Waals surface area contributed by atoms with Crippen molar-refractivity contribution in [3.8, 4) is 0 Å². The smallest absolute Gasteiger partial charge is 0.337 e. The second-order valence-corrected chi connectivity index (χ2v) is 10.3. The molecule has 158 valence electrons. The number of Topliss-reactive ketones (excluding diaryl/α,β-unsaturated/α-hetero) is 1. The van der Waals surface area contributed by atoms with E-state index < -0.39 is 0 Å². The van der Waals surface area contributed by atoms with Crippen LogP contribution in [0.1, 0.15) is 67.0 Å². The molecule has 0 amide bonds. The highest BCUT2D eigenvalue weighted by atomic mass is 32.1. The first-order valence-electron chi connectivity index (χ1n) is 10.5. The normalized spacial score (nSPS) is 21.7. The third-order valence-electron chi connectivity index (χ3n) is 5.65. The summed E-state index contributed by atoms with van der Waals surface area (Å²) in [7, 11) is 0. The maximum atomic E-state index is 13.4. The predicted octanol–water partition coefficient (Wildman–Crippen LogP) is 5.69. The summed E-state index contributed by atoms with van der Waals surface area (Å²) >= 11 is 3.38. The lowest BCUT2D eigenvalue weighted by atomic mass is 9.74. The average molecular weight is 442 g/mol. The first-order valence-corrected chi connectivity index (χ1v) is 12.2. The zero-order chi connectivity index (χ0) is 21.4. The van der Waals surface area contributed by atoms with Crippen LogP contribution in [0.3, 0.4) is 0 Å². The van der Waals surface area contributed by atoms with E-state index in [0.29, 0.717) is 12.0 Å². The van der Waals surface area contributed by atoms with Crippen LogP contribution in [0.2, 0.25) is 0 Å². The van der Waals surface area contributed by atoms with Gasteiger partial charge in [-0.15, -0.1) is 22.7 Å². The van der Waals surface area contributed by atoms with Gasteiger partial charge in [0.25, 0.3) is 0 Å². The number of rotatable bonds is 5. The maximum Gasteiger partial charge on any atom is 0.337 e. The van der Waals surface area contributed by atoms with E-state index in [1.165, 1.54) is 9.75 Å². The average Bonchev–Trinajstić information content (AvgIpc) is 3.38. The van der Waals surface area contributed by atoms with Crippen LogP contribution in [0.25, 0.3) is 0 Å². The van der Waals surface area contributed by atoms with E-state index in [4.69, 9.17) is 4.74 Å². The molecule has 3 heterocycles. The van der Waals surface area contributed by atoms with Crippen LogP contribution < -0.4 is 5.32 Å². The first kappa shape index (κ1) is 21.1. The molecular formula is C24H27NO3S2. The van der Waals surface area contributed by atoms with E-state index in [0.717, 1.165) is 34.7 Å². The molecule has 0 aromatic carbocycles. The molecule has 0 fully saturated rings. The lowest BCUT2D eigenvalue weighted by Gasteiger charge is -2.36. The van der Waals surface area contributed by atoms with E-state index in [2.05, 4.69) is 35.8 Å². The number of ether oxygens (including phenoxy) is 1. The third kappa shape index (κ3) is 3.91. The standard InChI is InChI=1S/C24H27NO3S2/c1-5-16-8-9-20(30-16)23-21(24(27)28-13(2)3)14(4)25-17-11-15(12-18(26)22(17)23)19-7-6-10-29-19/h6-10,13,15,23,25H,5,11-12H2,1-4H3/t15-,23+/m1/s1. The lowest BCUT2D eigenvalue weighted by Crippen LogP contribution is -2.36. The summed E-state index contributed by atoms with van der Waals surface area (Å²) in [6, 6.07) is 8.31. The fraction of sp³-hybridized carbons (Fsp3) is 0.417. The number of carbonyl (C=O) groups excluding carboxylic acids is 2. The van der Waals surface area contributed by atoms with Gasteiger partial charge in [0.2, 0.25) is 0 Å². The number of hydrogen-bond donors (Lipinski definition) is 1. The highest BCUT2D eigenvalue weighted by Crippen LogP contribution is 2.47. The fourth-order valence-electron chi connectivity index (χ4n) is 4.34. The molecule has 0 bridgehead atoms. The second-order valence-electron chi connectivity index (χ2n) is 8.14. The van der Waals surface area contributed by atoms with Gasteiger partial charge in [0.05, 0.1) is 17.6 Å². The molecule has 1 aliphatic heterocycles. The summed E-state index contributed by atoms with van der Waals surface area (Å²) in [4.78, 5) is 30.0. The van der Waals surface area contributed by atoms with Crippen molar-refractivity contribution in [2.24, 2.45) is 0 Å². The van der Waals surface area contributed by atoms with Crippen LogP contribution in [-0.2, 0) is 20.7 Å². The number of allylic oxidation sites excluding steroid dienone is 3. The van der Waals surface area contributed by atoms with Gasteiger partial charge in [0.15, 0.2) is 5.78 Å². The molecule has 4 nitrogen and oxygen atoms in total. The van der Waals surface area contributed by atoms with E-state index >= 15 is 0 Å². The Kier molecular flexibility index (Phi) is 5.98. The van der Waals surface area contributed by atoms with Gasteiger partial charge in [0.1, 0.15) is 0 Å². The van der Waals surface area contributed by atoms with Crippen LogP contribution in [0.15, 0.2) is 52.2 Å². The molecule has 1 aliphatic carbocycles. The Morgan fingerprint density at radius 2 is 2.03 bits per heavy atom. The summed E-state index contributed by atoms with van der Waals surface area (Å²) in [6.45, 7) is 7.74. The molecule has 1 N–H and O–H groups in total. The molecule has 0 spiro atoms. The zero-order valence-electron chi connectivity index (χ0n) is 17.8. The Balaban J connectivity index is 1.79. The lowest BCUT2D eigenvalue weighted by molar-refractivity contribution is -0.143. The Bertz CT molecular complexity index is 1030. The van der Waals surface area contributed by atoms with Crippen molar-refractivity contribution < 1.29 is 14.3 Å². The van der Waals surface area contributed by atoms with Gasteiger partial charge in [-0.2, -0.15) is 0 Å². The van der Waals surface area contributed by atoms with E-state index in [1.807, 2.05) is 26.8 Å². The molecule has 2 aromatic heterocycles. The number of dihydropyridines is 1. The van der Waals surface area contributed by atoms with Crippen LogP contribution in [-0.4, -0.2) is 17.9 Å². The zero-order valence-corrected chi connectivity index (χ0v) is 19.4. The van der Waals surface area contributed by atoms with Crippen LogP contribution in [0.5, 0.6) is 0 Å². The molecule has 2 aliphatic rings. The summed E-state index contributed by atoms with van der Waals surface area (Å²) in [6.07, 6.45) is 1.99. The Hall–Kier alpha value is -2.18. The van der Waals surface area contributed by atoms with Crippen molar-refractivity contribution in [2.45, 2.75) is 64.9 Å². The molecule has 0 unspecified atom stereocenters. The number of esters is 1. The number of aryl methyl sites for hydroxylation is 1. The van der Waals surface area contributed by atoms with Gasteiger partial charge in [-0.25, -0.2) is 4.79 Å². The summed E-state index contributed by atoms with van der Waals surface area (Å²) in [5, 5.41) is 5.47. The monoisotopic (exact) mass is 441 g/mol. The van der Waals surface area contributed by atoms with Crippen LogP contribution in [0, 0.1) is 0 Å². The van der Waals surface area contributed by atoms with Crippen molar-refractivity contribution >= 4 is 34.4 Å².